The Morgan fingerprint density at radius 3 is 2.63 bits per heavy atom. The van der Waals surface area contributed by atoms with Crippen molar-refractivity contribution in [2.75, 3.05) is 12.0 Å². The number of nitrogens with zero attached hydrogens (tertiary/aromatic N) is 2. The molecule has 0 N–H and O–H groups in total. The summed E-state index contributed by atoms with van der Waals surface area (Å²) >= 11 is 13.2. The molecule has 1 heterocycles. The molecule has 0 saturated heterocycles. The predicted octanol–water partition coefficient (Wildman–Crippen LogP) is 5.43. The average molecular weight is 465 g/mol. The van der Waals surface area contributed by atoms with Crippen LogP contribution in [0.1, 0.15) is 18.2 Å². The molecule has 0 aliphatic rings. The lowest BCUT2D eigenvalue weighted by Crippen LogP contribution is -2.23. The van der Waals surface area contributed by atoms with E-state index in [0.29, 0.717) is 37.9 Å². The minimum Gasteiger partial charge on any atom is -0.495 e. The fourth-order valence-corrected chi connectivity index (χ4v) is 4.05. The predicted molar refractivity (Wildman–Crippen MR) is 118 cm³/mol. The van der Waals surface area contributed by atoms with Crippen molar-refractivity contribution < 1.29 is 19.1 Å². The maximum atomic E-state index is 12.3. The van der Waals surface area contributed by atoms with Crippen molar-refractivity contribution >= 4 is 57.2 Å². The second-order valence-electron chi connectivity index (χ2n) is 6.22. The van der Waals surface area contributed by atoms with Gasteiger partial charge in [-0.2, -0.15) is 0 Å². The van der Waals surface area contributed by atoms with Crippen molar-refractivity contribution in [2.45, 2.75) is 20.0 Å². The fourth-order valence-electron chi connectivity index (χ4n) is 2.71. The molecule has 0 aliphatic carbocycles. The summed E-state index contributed by atoms with van der Waals surface area (Å²) in [6.07, 6.45) is 0.0216. The molecule has 3 aromatic rings. The summed E-state index contributed by atoms with van der Waals surface area (Å²) in [6.45, 7) is 1.43. The van der Waals surface area contributed by atoms with E-state index in [2.05, 4.69) is 4.98 Å². The van der Waals surface area contributed by atoms with Crippen LogP contribution in [0.2, 0.25) is 10.0 Å². The number of para-hydroxylation sites is 2. The molecule has 9 heteroatoms. The number of thiazole rings is 1. The van der Waals surface area contributed by atoms with E-state index >= 15 is 0 Å². The third-order valence-electron chi connectivity index (χ3n) is 4.10. The van der Waals surface area contributed by atoms with Gasteiger partial charge in [0.25, 0.3) is 0 Å². The number of methoxy groups -OCH3 is 1. The highest BCUT2D eigenvalue weighted by molar-refractivity contribution is 7.14. The van der Waals surface area contributed by atoms with Crippen LogP contribution in [0.5, 0.6) is 5.75 Å². The maximum Gasteiger partial charge on any atom is 0.310 e. The van der Waals surface area contributed by atoms with Crippen LogP contribution < -0.4 is 9.64 Å². The molecule has 30 heavy (non-hydrogen) atoms. The molecule has 0 fully saturated rings. The molecule has 1 amide bonds. The Bertz CT molecular complexity index is 1070. The molecule has 3 rings (SSSR count). The van der Waals surface area contributed by atoms with E-state index in [-0.39, 0.29) is 18.9 Å². The third-order valence-corrected chi connectivity index (χ3v) is 5.56. The first-order chi connectivity index (χ1) is 14.4. The number of halogens is 2. The summed E-state index contributed by atoms with van der Waals surface area (Å²) in [7, 11) is 1.54. The van der Waals surface area contributed by atoms with Gasteiger partial charge in [0.05, 0.1) is 24.9 Å². The minimum absolute atomic E-state index is 0.0157. The van der Waals surface area contributed by atoms with Crippen molar-refractivity contribution in [3.05, 3.63) is 69.1 Å². The highest BCUT2D eigenvalue weighted by Gasteiger charge is 2.21. The third kappa shape index (κ3) is 5.30. The number of hydrogen-bond acceptors (Lipinski definition) is 6. The van der Waals surface area contributed by atoms with E-state index in [1.807, 2.05) is 12.1 Å². The first-order valence-electron chi connectivity index (χ1n) is 8.86. The number of carbonyl (C=O) groups is 2. The lowest BCUT2D eigenvalue weighted by molar-refractivity contribution is -0.144. The molecule has 156 valence electrons. The molecule has 0 aliphatic heterocycles. The van der Waals surface area contributed by atoms with Crippen molar-refractivity contribution in [1.29, 1.82) is 0 Å². The van der Waals surface area contributed by atoms with Crippen LogP contribution in [-0.2, 0) is 27.4 Å². The summed E-state index contributed by atoms with van der Waals surface area (Å²) in [5.74, 6) is -0.104. The molecule has 0 atom stereocenters. The zero-order valence-corrected chi connectivity index (χ0v) is 18.6. The molecular weight excluding hydrogens is 447 g/mol. The largest absolute Gasteiger partial charge is 0.495 e. The summed E-state index contributed by atoms with van der Waals surface area (Å²) in [4.78, 5) is 30.3. The van der Waals surface area contributed by atoms with Crippen molar-refractivity contribution in [3.8, 4) is 5.75 Å². The van der Waals surface area contributed by atoms with Gasteiger partial charge in [-0.05, 0) is 29.8 Å². The number of benzene rings is 2. The molecular formula is C21H18Cl2N2O4S. The van der Waals surface area contributed by atoms with Gasteiger partial charge in [-0.25, -0.2) is 4.98 Å². The van der Waals surface area contributed by atoms with Gasteiger partial charge in [0.15, 0.2) is 5.13 Å². The second kappa shape index (κ2) is 9.93. The van der Waals surface area contributed by atoms with Crippen LogP contribution in [0.25, 0.3) is 0 Å². The number of ether oxygens (including phenoxy) is 2. The lowest BCUT2D eigenvalue weighted by Gasteiger charge is -2.20. The Morgan fingerprint density at radius 1 is 1.17 bits per heavy atom. The summed E-state index contributed by atoms with van der Waals surface area (Å²) in [5, 5.41) is 3.10. The van der Waals surface area contributed by atoms with Crippen molar-refractivity contribution in [3.63, 3.8) is 0 Å². The maximum absolute atomic E-state index is 12.3. The van der Waals surface area contributed by atoms with Gasteiger partial charge in [-0.3, -0.25) is 14.5 Å². The Kier molecular flexibility index (Phi) is 7.31. The van der Waals surface area contributed by atoms with E-state index in [1.54, 1.807) is 35.7 Å². The molecule has 6 nitrogen and oxygen atoms in total. The minimum atomic E-state index is -0.443. The van der Waals surface area contributed by atoms with Gasteiger partial charge in [0.1, 0.15) is 12.4 Å². The molecule has 2 aromatic carbocycles. The smallest absolute Gasteiger partial charge is 0.310 e. The first kappa shape index (κ1) is 22.1. The fraction of sp³-hybridized carbons (Fsp3) is 0.190. The zero-order valence-electron chi connectivity index (χ0n) is 16.2. The lowest BCUT2D eigenvalue weighted by atomic mass is 10.1. The van der Waals surface area contributed by atoms with Gasteiger partial charge >= 0.3 is 5.97 Å². The van der Waals surface area contributed by atoms with Gasteiger partial charge in [0.2, 0.25) is 5.91 Å². The molecule has 0 spiro atoms. The Labute approximate surface area is 188 Å². The van der Waals surface area contributed by atoms with Crippen LogP contribution in [0.15, 0.2) is 47.8 Å². The summed E-state index contributed by atoms with van der Waals surface area (Å²) in [6, 6.07) is 12.1. The number of hydrogen-bond donors (Lipinski definition) is 0. The van der Waals surface area contributed by atoms with Crippen molar-refractivity contribution in [1.82, 2.24) is 4.98 Å². The van der Waals surface area contributed by atoms with E-state index in [9.17, 15) is 9.59 Å². The molecule has 0 bridgehead atoms. The molecule has 1 aromatic heterocycles. The number of aromatic nitrogens is 1. The molecule has 0 saturated carbocycles. The van der Waals surface area contributed by atoms with E-state index in [1.165, 1.54) is 30.3 Å². The van der Waals surface area contributed by atoms with Crippen LogP contribution in [0.3, 0.4) is 0 Å². The average Bonchev–Trinajstić information content (AvgIpc) is 3.17. The quantitative estimate of drug-likeness (QED) is 0.436. The number of carbonyl (C=O) groups excluding carboxylic acids is 2. The summed E-state index contributed by atoms with van der Waals surface area (Å²) < 4.78 is 10.7. The zero-order chi connectivity index (χ0) is 21.7. The SMILES string of the molecule is COc1ccccc1N(C(C)=O)c1nc(COC(=O)Cc2ccc(Cl)cc2Cl)cs1. The molecule has 0 radical (unpaired) electrons. The first-order valence-corrected chi connectivity index (χ1v) is 10.5. The van der Waals surface area contributed by atoms with Gasteiger partial charge < -0.3 is 9.47 Å². The second-order valence-corrected chi connectivity index (χ2v) is 7.90. The van der Waals surface area contributed by atoms with E-state index in [0.717, 1.165) is 0 Å². The van der Waals surface area contributed by atoms with Crippen LogP contribution in [0.4, 0.5) is 10.8 Å². The Balaban J connectivity index is 1.69. The normalized spacial score (nSPS) is 10.5. The van der Waals surface area contributed by atoms with E-state index in [4.69, 9.17) is 32.7 Å². The number of rotatable bonds is 7. The Morgan fingerprint density at radius 2 is 1.93 bits per heavy atom. The van der Waals surface area contributed by atoms with Crippen LogP contribution in [0, 0.1) is 0 Å². The molecule has 0 unspecified atom stereocenters. The van der Waals surface area contributed by atoms with Gasteiger partial charge in [0, 0.05) is 22.3 Å². The van der Waals surface area contributed by atoms with Crippen LogP contribution in [-0.4, -0.2) is 24.0 Å². The van der Waals surface area contributed by atoms with Gasteiger partial charge in [-0.1, -0.05) is 41.4 Å². The number of esters is 1. The topological polar surface area (TPSA) is 68.7 Å². The van der Waals surface area contributed by atoms with Crippen molar-refractivity contribution in [2.24, 2.45) is 0 Å². The highest BCUT2D eigenvalue weighted by atomic mass is 35.5. The van der Waals surface area contributed by atoms with E-state index < -0.39 is 5.97 Å². The monoisotopic (exact) mass is 464 g/mol. The standard InChI is InChI=1S/C21H18Cl2N2O4S/c1-13(26)25(18-5-3-4-6-19(18)28-2)21-24-16(12-30-21)11-29-20(27)9-14-7-8-15(22)10-17(14)23/h3-8,10,12H,9,11H2,1-2H3. The Hall–Kier alpha value is -2.61. The number of anilines is 2. The summed E-state index contributed by atoms with van der Waals surface area (Å²) in [5.41, 5.74) is 1.75. The number of amides is 1. The van der Waals surface area contributed by atoms with Gasteiger partial charge in [-0.15, -0.1) is 11.3 Å². The highest BCUT2D eigenvalue weighted by Crippen LogP contribution is 2.35. The van der Waals surface area contributed by atoms with Crippen LogP contribution >= 0.6 is 34.5 Å².